The average Bonchev–Trinajstić information content (AvgIpc) is 2.90. The van der Waals surface area contributed by atoms with Crippen LogP contribution in [0.2, 0.25) is 0 Å². The molecule has 0 saturated heterocycles. The van der Waals surface area contributed by atoms with Crippen molar-refractivity contribution < 1.29 is 22.7 Å². The van der Waals surface area contributed by atoms with Crippen molar-refractivity contribution >= 4 is 10.0 Å². The fourth-order valence-electron chi connectivity index (χ4n) is 4.68. The van der Waals surface area contributed by atoms with E-state index in [1.165, 1.54) is 16.4 Å². The number of benzene rings is 3. The minimum Gasteiger partial charge on any atom is -0.487 e. The van der Waals surface area contributed by atoms with Gasteiger partial charge < -0.3 is 9.84 Å². The number of rotatable bonds is 7. The van der Waals surface area contributed by atoms with Crippen LogP contribution in [0.15, 0.2) is 71.6 Å². The number of sulfonamides is 1. The van der Waals surface area contributed by atoms with Gasteiger partial charge in [0.2, 0.25) is 10.0 Å². The topological polar surface area (TPSA) is 93.9 Å². The molecule has 0 spiro atoms. The first-order chi connectivity index (χ1) is 18.1. The van der Waals surface area contributed by atoms with Gasteiger partial charge in [-0.1, -0.05) is 37.3 Å². The summed E-state index contributed by atoms with van der Waals surface area (Å²) < 4.78 is 48.9. The van der Waals surface area contributed by atoms with E-state index in [-0.39, 0.29) is 41.6 Å². The molecule has 4 rings (SSSR count). The van der Waals surface area contributed by atoms with Gasteiger partial charge in [0.25, 0.3) is 0 Å². The predicted octanol–water partition coefficient (Wildman–Crippen LogP) is 4.26. The molecule has 1 aliphatic heterocycles. The highest BCUT2D eigenvalue weighted by molar-refractivity contribution is 7.89. The number of nitrogens with zero attached hydrogens (tertiary/aromatic N) is 3. The normalized spacial score (nSPS) is 20.0. The van der Waals surface area contributed by atoms with Crippen molar-refractivity contribution in [3.05, 3.63) is 83.7 Å². The summed E-state index contributed by atoms with van der Waals surface area (Å²) in [6.07, 6.45) is -0.382. The largest absolute Gasteiger partial charge is 0.487 e. The molecule has 200 valence electrons. The van der Waals surface area contributed by atoms with Crippen molar-refractivity contribution in [1.82, 2.24) is 9.21 Å². The van der Waals surface area contributed by atoms with Crippen molar-refractivity contribution in [2.75, 3.05) is 26.7 Å². The van der Waals surface area contributed by atoms with Gasteiger partial charge in [-0.05, 0) is 67.1 Å². The summed E-state index contributed by atoms with van der Waals surface area (Å²) in [6.45, 7) is 4.46. The highest BCUT2D eigenvalue weighted by Gasteiger charge is 2.38. The third-order valence-electron chi connectivity index (χ3n) is 6.85. The molecule has 3 aromatic carbocycles. The molecule has 3 atom stereocenters. The maximum atomic E-state index is 13.7. The standard InChI is InChI=1S/C29H32FN3O4S/c1-20-16-33(21(2)19-34)38(35,36)29-12-11-25(24-9-7-22(15-31)8-10-24)14-27(29)37-28(20)18-32(3)17-23-5-4-6-26(30)13-23/h4-14,20-21,28,34H,16-19H2,1-3H3/t20-,21-,28+/m0/s1. The number of likely N-dealkylation sites (N-methyl/N-ethyl adjacent to an activating group) is 1. The Kier molecular flexibility index (Phi) is 8.48. The number of hydrogen-bond donors (Lipinski definition) is 1. The van der Waals surface area contributed by atoms with E-state index in [0.29, 0.717) is 18.7 Å². The van der Waals surface area contributed by atoms with Gasteiger partial charge in [0.15, 0.2) is 0 Å². The summed E-state index contributed by atoms with van der Waals surface area (Å²) in [5, 5.41) is 19.0. The molecule has 0 fully saturated rings. The lowest BCUT2D eigenvalue weighted by atomic mass is 10.0. The van der Waals surface area contributed by atoms with Crippen molar-refractivity contribution in [2.45, 2.75) is 37.4 Å². The molecule has 3 aromatic rings. The van der Waals surface area contributed by atoms with E-state index in [2.05, 4.69) is 6.07 Å². The molecule has 0 amide bonds. The molecule has 0 aliphatic carbocycles. The maximum absolute atomic E-state index is 13.7. The quantitative estimate of drug-likeness (QED) is 0.484. The van der Waals surface area contributed by atoms with Crippen LogP contribution in [0.25, 0.3) is 11.1 Å². The first-order valence-electron chi connectivity index (χ1n) is 12.5. The van der Waals surface area contributed by atoms with Gasteiger partial charge in [-0.3, -0.25) is 4.90 Å². The van der Waals surface area contributed by atoms with E-state index < -0.39 is 16.1 Å². The third-order valence-corrected chi connectivity index (χ3v) is 8.87. The molecule has 0 radical (unpaired) electrons. The molecule has 9 heteroatoms. The van der Waals surface area contributed by atoms with E-state index in [0.717, 1.165) is 16.7 Å². The van der Waals surface area contributed by atoms with Crippen molar-refractivity contribution in [3.8, 4) is 22.9 Å². The number of ether oxygens (including phenoxy) is 1. The molecule has 0 bridgehead atoms. The summed E-state index contributed by atoms with van der Waals surface area (Å²) in [5.41, 5.74) is 2.93. The Morgan fingerprint density at radius 3 is 2.53 bits per heavy atom. The Balaban J connectivity index is 1.72. The zero-order chi connectivity index (χ0) is 27.4. The van der Waals surface area contributed by atoms with Crippen molar-refractivity contribution in [3.63, 3.8) is 0 Å². The Hall–Kier alpha value is -3.29. The average molecular weight is 538 g/mol. The van der Waals surface area contributed by atoms with Gasteiger partial charge in [-0.15, -0.1) is 0 Å². The maximum Gasteiger partial charge on any atom is 0.247 e. The molecule has 1 N–H and O–H groups in total. The van der Waals surface area contributed by atoms with Crippen molar-refractivity contribution in [1.29, 1.82) is 5.26 Å². The predicted molar refractivity (Wildman–Crippen MR) is 143 cm³/mol. The molecular formula is C29H32FN3O4S. The molecule has 0 saturated carbocycles. The van der Waals surface area contributed by atoms with Crippen LogP contribution in [-0.2, 0) is 16.6 Å². The van der Waals surface area contributed by atoms with Crippen LogP contribution in [0.5, 0.6) is 5.75 Å². The van der Waals surface area contributed by atoms with Gasteiger partial charge in [-0.2, -0.15) is 9.57 Å². The number of halogens is 1. The summed E-state index contributed by atoms with van der Waals surface area (Å²) in [7, 11) is -2.04. The minimum absolute atomic E-state index is 0.0416. The zero-order valence-corrected chi connectivity index (χ0v) is 22.5. The van der Waals surface area contributed by atoms with E-state index in [1.807, 2.05) is 37.1 Å². The van der Waals surface area contributed by atoms with Crippen LogP contribution >= 0.6 is 0 Å². The van der Waals surface area contributed by atoms with Crippen molar-refractivity contribution in [2.24, 2.45) is 5.92 Å². The van der Waals surface area contributed by atoms with Gasteiger partial charge in [0.05, 0.1) is 18.2 Å². The first kappa shape index (κ1) is 27.7. The number of aliphatic hydroxyl groups is 1. The lowest BCUT2D eigenvalue weighted by molar-refractivity contribution is 0.0734. The van der Waals surface area contributed by atoms with E-state index in [9.17, 15) is 17.9 Å². The zero-order valence-electron chi connectivity index (χ0n) is 21.7. The summed E-state index contributed by atoms with van der Waals surface area (Å²) in [6, 6.07) is 19.9. The molecule has 1 aliphatic rings. The minimum atomic E-state index is -3.95. The van der Waals surface area contributed by atoms with Gasteiger partial charge in [0.1, 0.15) is 22.6 Å². The molecule has 38 heavy (non-hydrogen) atoms. The van der Waals surface area contributed by atoms with Crippen LogP contribution in [0, 0.1) is 23.1 Å². The fraction of sp³-hybridized carbons (Fsp3) is 0.345. The molecule has 0 aromatic heterocycles. The van der Waals surface area contributed by atoms with Crippen LogP contribution in [0.1, 0.15) is 25.0 Å². The summed E-state index contributed by atoms with van der Waals surface area (Å²) in [5.74, 6) is -0.271. The fourth-order valence-corrected chi connectivity index (χ4v) is 6.50. The Bertz CT molecular complexity index is 1420. The second-order valence-corrected chi connectivity index (χ2v) is 11.8. The second-order valence-electron chi connectivity index (χ2n) is 9.92. The van der Waals surface area contributed by atoms with Crippen LogP contribution < -0.4 is 4.74 Å². The second kappa shape index (κ2) is 11.6. The summed E-state index contributed by atoms with van der Waals surface area (Å²) in [4.78, 5) is 2.07. The number of nitriles is 1. The highest BCUT2D eigenvalue weighted by Crippen LogP contribution is 2.36. The molecule has 7 nitrogen and oxygen atoms in total. The Labute approximate surface area is 223 Å². The monoisotopic (exact) mass is 537 g/mol. The first-order valence-corrected chi connectivity index (χ1v) is 13.9. The van der Waals surface area contributed by atoms with Gasteiger partial charge in [0, 0.05) is 31.6 Å². The van der Waals surface area contributed by atoms with Crippen LogP contribution in [0.4, 0.5) is 4.39 Å². The molecular weight excluding hydrogens is 505 g/mol. The third kappa shape index (κ3) is 6.05. The summed E-state index contributed by atoms with van der Waals surface area (Å²) >= 11 is 0. The SMILES string of the molecule is C[C@H]1CN([C@@H](C)CO)S(=O)(=O)c2ccc(-c3ccc(C#N)cc3)cc2O[C@@H]1CN(C)Cc1cccc(F)c1. The van der Waals surface area contributed by atoms with Gasteiger partial charge >= 0.3 is 0 Å². The van der Waals surface area contributed by atoms with E-state index in [1.54, 1.807) is 43.3 Å². The van der Waals surface area contributed by atoms with Gasteiger partial charge in [-0.25, -0.2) is 12.8 Å². The van der Waals surface area contributed by atoms with Crippen LogP contribution in [-0.4, -0.2) is 61.6 Å². The number of aliphatic hydroxyl groups excluding tert-OH is 1. The molecule has 0 unspecified atom stereocenters. The van der Waals surface area contributed by atoms with Crippen LogP contribution in [0.3, 0.4) is 0 Å². The number of fused-ring (bicyclic) bond motifs is 1. The number of hydrogen-bond acceptors (Lipinski definition) is 6. The Morgan fingerprint density at radius 2 is 1.87 bits per heavy atom. The smallest absolute Gasteiger partial charge is 0.247 e. The highest BCUT2D eigenvalue weighted by atomic mass is 32.2. The van der Waals surface area contributed by atoms with E-state index >= 15 is 0 Å². The Morgan fingerprint density at radius 1 is 1.16 bits per heavy atom. The lowest BCUT2D eigenvalue weighted by Crippen LogP contribution is -2.49. The van der Waals surface area contributed by atoms with E-state index in [4.69, 9.17) is 10.00 Å². The lowest BCUT2D eigenvalue weighted by Gasteiger charge is -2.37. The molecule has 1 heterocycles.